The number of ether oxygens (including phenoxy) is 1. The standard InChI is InChI=1S/C24H23BrFN3O/c1-17-3-12-22-23(15-17)29(16-18-4-6-19(25)7-5-18)24(27)28(22)13-2-14-30-21-10-8-20(26)9-11-21/h3-12,15,27H,2,13-14,16H2,1H3. The molecule has 4 nitrogen and oxygen atoms in total. The molecule has 0 fully saturated rings. The first-order chi connectivity index (χ1) is 14.5. The SMILES string of the molecule is Cc1ccc2c(c1)n(Cc1ccc(Br)cc1)c(=N)n2CCCOc1ccc(F)cc1. The van der Waals surface area contributed by atoms with Gasteiger partial charge in [-0.15, -0.1) is 0 Å². The van der Waals surface area contributed by atoms with Gasteiger partial charge in [0.05, 0.1) is 24.2 Å². The molecule has 0 aliphatic heterocycles. The van der Waals surface area contributed by atoms with E-state index in [0.29, 0.717) is 31.1 Å². The van der Waals surface area contributed by atoms with Crippen LogP contribution in [0.25, 0.3) is 11.0 Å². The van der Waals surface area contributed by atoms with Crippen LogP contribution in [0, 0.1) is 18.2 Å². The molecule has 0 saturated carbocycles. The monoisotopic (exact) mass is 467 g/mol. The topological polar surface area (TPSA) is 42.9 Å². The normalized spacial score (nSPS) is 11.2. The molecule has 4 aromatic rings. The molecule has 154 valence electrons. The maximum absolute atomic E-state index is 13.0. The lowest BCUT2D eigenvalue weighted by Gasteiger charge is -2.08. The van der Waals surface area contributed by atoms with Crippen LogP contribution in [0.3, 0.4) is 0 Å². The van der Waals surface area contributed by atoms with Gasteiger partial charge >= 0.3 is 0 Å². The number of halogens is 2. The van der Waals surface area contributed by atoms with Crippen LogP contribution in [0.5, 0.6) is 5.75 Å². The second-order valence-electron chi connectivity index (χ2n) is 7.34. The molecule has 0 saturated heterocycles. The van der Waals surface area contributed by atoms with Gasteiger partial charge in [-0.2, -0.15) is 0 Å². The maximum atomic E-state index is 13.0. The van der Waals surface area contributed by atoms with Gasteiger partial charge in [0, 0.05) is 11.0 Å². The number of aryl methyl sites for hydroxylation is 2. The molecule has 1 N–H and O–H groups in total. The summed E-state index contributed by atoms with van der Waals surface area (Å²) in [6.45, 7) is 3.89. The molecule has 0 amide bonds. The summed E-state index contributed by atoms with van der Waals surface area (Å²) in [6, 6.07) is 20.5. The molecule has 3 aromatic carbocycles. The predicted molar refractivity (Wildman–Crippen MR) is 120 cm³/mol. The lowest BCUT2D eigenvalue weighted by Crippen LogP contribution is -2.25. The summed E-state index contributed by atoms with van der Waals surface area (Å²) in [4.78, 5) is 0. The van der Waals surface area contributed by atoms with E-state index in [9.17, 15) is 4.39 Å². The number of hydrogen-bond donors (Lipinski definition) is 1. The van der Waals surface area contributed by atoms with Crippen LogP contribution in [0.15, 0.2) is 71.2 Å². The average Bonchev–Trinajstić information content (AvgIpc) is 2.99. The Balaban J connectivity index is 1.55. The number of fused-ring (bicyclic) bond motifs is 1. The van der Waals surface area contributed by atoms with Crippen LogP contribution in [-0.2, 0) is 13.1 Å². The van der Waals surface area contributed by atoms with Crippen molar-refractivity contribution in [1.29, 1.82) is 5.41 Å². The van der Waals surface area contributed by atoms with E-state index in [0.717, 1.165) is 27.5 Å². The van der Waals surface area contributed by atoms with Crippen molar-refractivity contribution in [1.82, 2.24) is 9.13 Å². The first-order valence-corrected chi connectivity index (χ1v) is 10.7. The Morgan fingerprint density at radius 1 is 0.933 bits per heavy atom. The van der Waals surface area contributed by atoms with E-state index in [2.05, 4.69) is 53.2 Å². The molecular formula is C24H23BrFN3O. The lowest BCUT2D eigenvalue weighted by atomic mass is 10.2. The summed E-state index contributed by atoms with van der Waals surface area (Å²) in [5.74, 6) is 0.381. The van der Waals surface area contributed by atoms with E-state index in [1.54, 1.807) is 12.1 Å². The van der Waals surface area contributed by atoms with Gasteiger partial charge in [0.15, 0.2) is 0 Å². The summed E-state index contributed by atoms with van der Waals surface area (Å²) in [7, 11) is 0. The highest BCUT2D eigenvalue weighted by Crippen LogP contribution is 2.18. The summed E-state index contributed by atoms with van der Waals surface area (Å²) in [5.41, 5.74) is 4.90. The summed E-state index contributed by atoms with van der Waals surface area (Å²) in [5, 5.41) is 8.79. The Morgan fingerprint density at radius 3 is 2.40 bits per heavy atom. The Hall–Kier alpha value is -2.86. The van der Waals surface area contributed by atoms with Crippen molar-refractivity contribution in [2.24, 2.45) is 0 Å². The zero-order valence-electron chi connectivity index (χ0n) is 16.7. The van der Waals surface area contributed by atoms with Crippen LogP contribution in [0.1, 0.15) is 17.5 Å². The van der Waals surface area contributed by atoms with E-state index in [4.69, 9.17) is 10.1 Å². The number of hydrogen-bond acceptors (Lipinski definition) is 2. The van der Waals surface area contributed by atoms with Gasteiger partial charge in [-0.05, 0) is 73.0 Å². The van der Waals surface area contributed by atoms with Crippen LogP contribution in [0.4, 0.5) is 4.39 Å². The highest BCUT2D eigenvalue weighted by atomic mass is 79.9. The van der Waals surface area contributed by atoms with E-state index in [1.807, 2.05) is 21.3 Å². The number of benzene rings is 3. The number of nitrogens with zero attached hydrogens (tertiary/aromatic N) is 2. The molecule has 0 aliphatic carbocycles. The number of imidazole rings is 1. The minimum absolute atomic E-state index is 0.273. The van der Waals surface area contributed by atoms with Gasteiger partial charge in [-0.3, -0.25) is 5.41 Å². The fourth-order valence-electron chi connectivity index (χ4n) is 3.55. The van der Waals surface area contributed by atoms with Gasteiger partial charge in [0.25, 0.3) is 0 Å². The highest BCUT2D eigenvalue weighted by Gasteiger charge is 2.12. The minimum atomic E-state index is -0.273. The maximum Gasteiger partial charge on any atom is 0.203 e. The van der Waals surface area contributed by atoms with E-state index >= 15 is 0 Å². The Bertz CT molecular complexity index is 1210. The summed E-state index contributed by atoms with van der Waals surface area (Å²) >= 11 is 3.48. The largest absolute Gasteiger partial charge is 0.494 e. The molecular weight excluding hydrogens is 445 g/mol. The smallest absolute Gasteiger partial charge is 0.203 e. The Kier molecular flexibility index (Phi) is 6.04. The van der Waals surface area contributed by atoms with Crippen molar-refractivity contribution in [3.63, 3.8) is 0 Å². The molecule has 4 rings (SSSR count). The van der Waals surface area contributed by atoms with Crippen LogP contribution in [-0.4, -0.2) is 15.7 Å². The first-order valence-electron chi connectivity index (χ1n) is 9.88. The molecule has 0 unspecified atom stereocenters. The van der Waals surface area contributed by atoms with Gasteiger partial charge in [-0.1, -0.05) is 34.1 Å². The average molecular weight is 468 g/mol. The zero-order chi connectivity index (χ0) is 21.1. The second-order valence-corrected chi connectivity index (χ2v) is 8.25. The van der Waals surface area contributed by atoms with Crippen LogP contribution >= 0.6 is 15.9 Å². The van der Waals surface area contributed by atoms with Gasteiger partial charge in [-0.25, -0.2) is 4.39 Å². The van der Waals surface area contributed by atoms with Crippen molar-refractivity contribution in [3.8, 4) is 5.75 Å². The van der Waals surface area contributed by atoms with Crippen molar-refractivity contribution < 1.29 is 9.13 Å². The highest BCUT2D eigenvalue weighted by molar-refractivity contribution is 9.10. The molecule has 1 aromatic heterocycles. The van der Waals surface area contributed by atoms with E-state index < -0.39 is 0 Å². The van der Waals surface area contributed by atoms with Gasteiger partial charge in [0.2, 0.25) is 5.62 Å². The molecule has 0 spiro atoms. The van der Waals surface area contributed by atoms with Gasteiger partial charge in [0.1, 0.15) is 11.6 Å². The second kappa shape index (κ2) is 8.88. The fourth-order valence-corrected chi connectivity index (χ4v) is 3.82. The molecule has 0 atom stereocenters. The Morgan fingerprint density at radius 2 is 1.67 bits per heavy atom. The van der Waals surface area contributed by atoms with Crippen molar-refractivity contribution in [2.45, 2.75) is 26.4 Å². The van der Waals surface area contributed by atoms with E-state index in [-0.39, 0.29) is 5.82 Å². The minimum Gasteiger partial charge on any atom is -0.494 e. The number of aromatic nitrogens is 2. The summed E-state index contributed by atoms with van der Waals surface area (Å²) < 4.78 is 23.8. The van der Waals surface area contributed by atoms with Crippen molar-refractivity contribution in [2.75, 3.05) is 6.61 Å². The molecule has 6 heteroatoms. The zero-order valence-corrected chi connectivity index (χ0v) is 18.3. The summed E-state index contributed by atoms with van der Waals surface area (Å²) in [6.07, 6.45) is 0.749. The third-order valence-electron chi connectivity index (χ3n) is 5.09. The fraction of sp³-hybridized carbons (Fsp3) is 0.208. The van der Waals surface area contributed by atoms with Crippen LogP contribution in [0.2, 0.25) is 0 Å². The van der Waals surface area contributed by atoms with Crippen molar-refractivity contribution >= 4 is 27.0 Å². The first kappa shape index (κ1) is 20.4. The van der Waals surface area contributed by atoms with Gasteiger partial charge < -0.3 is 13.9 Å². The third-order valence-corrected chi connectivity index (χ3v) is 5.61. The number of rotatable bonds is 7. The van der Waals surface area contributed by atoms with E-state index in [1.165, 1.54) is 17.7 Å². The lowest BCUT2D eigenvalue weighted by molar-refractivity contribution is 0.300. The predicted octanol–water partition coefficient (Wildman–Crippen LogP) is 5.65. The molecule has 30 heavy (non-hydrogen) atoms. The van der Waals surface area contributed by atoms with Crippen LogP contribution < -0.4 is 10.4 Å². The molecule has 1 heterocycles. The molecule has 0 bridgehead atoms. The Labute approximate surface area is 183 Å². The van der Waals surface area contributed by atoms with Crippen molar-refractivity contribution in [3.05, 3.63) is 93.8 Å². The molecule has 0 aliphatic rings. The molecule has 0 radical (unpaired) electrons. The number of nitrogens with one attached hydrogen (secondary N) is 1. The third kappa shape index (κ3) is 4.49. The quantitative estimate of drug-likeness (QED) is 0.350.